The highest BCUT2D eigenvalue weighted by Crippen LogP contribution is 2.19. The molecule has 0 saturated carbocycles. The van der Waals surface area contributed by atoms with Gasteiger partial charge in [-0.15, -0.1) is 0 Å². The summed E-state index contributed by atoms with van der Waals surface area (Å²) >= 11 is 0. The quantitative estimate of drug-likeness (QED) is 0.751. The van der Waals surface area contributed by atoms with Crippen molar-refractivity contribution in [3.05, 3.63) is 72.5 Å². The van der Waals surface area contributed by atoms with E-state index in [-0.39, 0.29) is 0 Å². The van der Waals surface area contributed by atoms with Gasteiger partial charge < -0.3 is 13.3 Å². The van der Waals surface area contributed by atoms with Crippen LogP contribution in [-0.2, 0) is 19.5 Å². The summed E-state index contributed by atoms with van der Waals surface area (Å²) in [5, 5.41) is 4.36. The van der Waals surface area contributed by atoms with Crippen molar-refractivity contribution < 1.29 is 13.3 Å². The highest BCUT2D eigenvalue weighted by Gasteiger charge is 2.27. The van der Waals surface area contributed by atoms with E-state index in [1.165, 1.54) is 0 Å². The topological polar surface area (TPSA) is 57.9 Å². The van der Waals surface area contributed by atoms with Crippen LogP contribution in [0.5, 0.6) is 0 Å². The number of nitrogens with one attached hydrogen (secondary N) is 1. The largest absolute Gasteiger partial charge is 0.469 e. The van der Waals surface area contributed by atoms with Crippen LogP contribution in [0.25, 0.3) is 0 Å². The Labute approximate surface area is 140 Å². The van der Waals surface area contributed by atoms with Gasteiger partial charge in [-0.25, -0.2) is 10.0 Å². The molecule has 24 heavy (non-hydrogen) atoms. The Hall–Kier alpha value is -2.28. The van der Waals surface area contributed by atoms with E-state index in [9.17, 15) is 0 Å². The van der Waals surface area contributed by atoms with Gasteiger partial charge in [0.2, 0.25) is 0 Å². The van der Waals surface area contributed by atoms with E-state index in [0.717, 1.165) is 49.9 Å². The fourth-order valence-electron chi connectivity index (χ4n) is 3.19. The molecule has 1 aliphatic rings. The Balaban J connectivity index is 1.44. The lowest BCUT2D eigenvalue weighted by Crippen LogP contribution is -2.58. The molecule has 0 unspecified atom stereocenters. The van der Waals surface area contributed by atoms with Gasteiger partial charge in [-0.2, -0.15) is 5.53 Å². The van der Waals surface area contributed by atoms with Crippen LogP contribution in [0.4, 0.5) is 0 Å². The molecule has 0 bridgehead atoms. The molecule has 1 aliphatic heterocycles. The minimum atomic E-state index is 0.460. The smallest absolute Gasteiger partial charge is 0.119 e. The lowest BCUT2D eigenvalue weighted by Gasteiger charge is -2.40. The summed E-state index contributed by atoms with van der Waals surface area (Å²) in [5.74, 6) is 3.37. The molecule has 4 rings (SSSR count). The van der Waals surface area contributed by atoms with Crippen LogP contribution in [0.15, 0.2) is 68.4 Å². The van der Waals surface area contributed by atoms with Crippen LogP contribution in [-0.4, -0.2) is 23.1 Å². The van der Waals surface area contributed by atoms with E-state index in [2.05, 4.69) is 15.6 Å². The minimum Gasteiger partial charge on any atom is -0.469 e. The predicted octanol–water partition coefficient (Wildman–Crippen LogP) is 3.06. The average molecular weight is 327 g/mol. The molecule has 1 N–H and O–H groups in total. The molecular formula is C18H21N3O3. The van der Waals surface area contributed by atoms with Crippen molar-refractivity contribution in [1.82, 2.24) is 15.6 Å². The van der Waals surface area contributed by atoms with Crippen LogP contribution in [0.3, 0.4) is 0 Å². The molecule has 0 aromatic carbocycles. The van der Waals surface area contributed by atoms with Crippen molar-refractivity contribution in [3.63, 3.8) is 0 Å². The number of nitrogens with zero attached hydrogens (tertiary/aromatic N) is 2. The Morgan fingerprint density at radius 3 is 1.75 bits per heavy atom. The second kappa shape index (κ2) is 7.09. The van der Waals surface area contributed by atoms with Crippen LogP contribution < -0.4 is 5.53 Å². The van der Waals surface area contributed by atoms with Crippen molar-refractivity contribution in [2.75, 3.05) is 13.1 Å². The maximum Gasteiger partial charge on any atom is 0.119 e. The van der Waals surface area contributed by atoms with Crippen LogP contribution in [0.2, 0.25) is 0 Å². The van der Waals surface area contributed by atoms with E-state index >= 15 is 0 Å². The molecule has 126 valence electrons. The van der Waals surface area contributed by atoms with Crippen LogP contribution in [0.1, 0.15) is 17.3 Å². The molecule has 0 amide bonds. The molecule has 6 heteroatoms. The maximum absolute atomic E-state index is 5.52. The number of furan rings is 3. The number of hydrogen-bond acceptors (Lipinski definition) is 6. The third-order valence-corrected chi connectivity index (χ3v) is 4.16. The van der Waals surface area contributed by atoms with E-state index < -0.39 is 0 Å². The SMILES string of the molecule is c1coc(CC2CN(Cc3ccco3)NN(Cc3ccco3)C2)c1. The molecular weight excluding hydrogens is 306 g/mol. The highest BCUT2D eigenvalue weighted by molar-refractivity contribution is 5.02. The molecule has 0 spiro atoms. The van der Waals surface area contributed by atoms with E-state index in [1.807, 2.05) is 36.4 Å². The molecule has 0 aliphatic carbocycles. The normalized spacial score (nSPS) is 17.5. The van der Waals surface area contributed by atoms with Gasteiger partial charge >= 0.3 is 0 Å². The van der Waals surface area contributed by atoms with Crippen LogP contribution in [0, 0.1) is 5.92 Å². The van der Waals surface area contributed by atoms with Gasteiger partial charge in [-0.3, -0.25) is 0 Å². The number of rotatable bonds is 6. The summed E-state index contributed by atoms with van der Waals surface area (Å²) in [6.07, 6.45) is 6.07. The van der Waals surface area contributed by atoms with Crippen molar-refractivity contribution in [3.8, 4) is 0 Å². The van der Waals surface area contributed by atoms with E-state index in [1.54, 1.807) is 18.8 Å². The van der Waals surface area contributed by atoms with Crippen LogP contribution >= 0.6 is 0 Å². The summed E-state index contributed by atoms with van der Waals surface area (Å²) in [6, 6.07) is 11.8. The molecule has 1 saturated heterocycles. The second-order valence-electron chi connectivity index (χ2n) is 6.17. The van der Waals surface area contributed by atoms with Gasteiger partial charge in [-0.1, -0.05) is 0 Å². The molecule has 0 atom stereocenters. The Morgan fingerprint density at radius 2 is 1.29 bits per heavy atom. The molecule has 6 nitrogen and oxygen atoms in total. The summed E-state index contributed by atoms with van der Waals surface area (Å²) in [5.41, 5.74) is 3.46. The third-order valence-electron chi connectivity index (χ3n) is 4.16. The fourth-order valence-corrected chi connectivity index (χ4v) is 3.19. The van der Waals surface area contributed by atoms with Crippen molar-refractivity contribution in [2.24, 2.45) is 5.92 Å². The molecule has 3 aromatic rings. The van der Waals surface area contributed by atoms with Crippen molar-refractivity contribution in [2.45, 2.75) is 19.5 Å². The minimum absolute atomic E-state index is 0.460. The summed E-state index contributed by atoms with van der Waals surface area (Å²) in [7, 11) is 0. The Morgan fingerprint density at radius 1 is 0.792 bits per heavy atom. The maximum atomic E-state index is 5.52. The molecule has 4 heterocycles. The first-order valence-electron chi connectivity index (χ1n) is 8.18. The molecule has 0 radical (unpaired) electrons. The first-order valence-corrected chi connectivity index (χ1v) is 8.18. The van der Waals surface area contributed by atoms with Gasteiger partial charge in [0.15, 0.2) is 0 Å². The zero-order valence-electron chi connectivity index (χ0n) is 13.4. The Kier molecular flexibility index (Phi) is 4.51. The van der Waals surface area contributed by atoms with E-state index in [0.29, 0.717) is 5.92 Å². The third kappa shape index (κ3) is 3.79. The van der Waals surface area contributed by atoms with Crippen molar-refractivity contribution >= 4 is 0 Å². The van der Waals surface area contributed by atoms with Gasteiger partial charge in [0.05, 0.1) is 31.9 Å². The summed E-state index contributed by atoms with van der Waals surface area (Å²) < 4.78 is 16.5. The predicted molar refractivity (Wildman–Crippen MR) is 87.3 cm³/mol. The van der Waals surface area contributed by atoms with Gasteiger partial charge in [-0.05, 0) is 42.3 Å². The molecule has 3 aromatic heterocycles. The van der Waals surface area contributed by atoms with Gasteiger partial charge in [0.25, 0.3) is 0 Å². The number of hydrazine groups is 2. The average Bonchev–Trinajstić information content (AvgIpc) is 3.30. The van der Waals surface area contributed by atoms with Gasteiger partial charge in [0.1, 0.15) is 17.3 Å². The lowest BCUT2D eigenvalue weighted by atomic mass is 10.0. The van der Waals surface area contributed by atoms with Crippen molar-refractivity contribution in [1.29, 1.82) is 0 Å². The van der Waals surface area contributed by atoms with Gasteiger partial charge in [0, 0.05) is 19.5 Å². The zero-order chi connectivity index (χ0) is 16.2. The Bertz CT molecular complexity index is 600. The second-order valence-corrected chi connectivity index (χ2v) is 6.17. The standard InChI is InChI=1S/C18H21N3O3/c1-4-16(22-7-1)10-15-11-20(13-17-5-2-8-23-17)19-21(12-15)14-18-6-3-9-24-18/h1-9,15,19H,10-14H2. The number of hydrogen-bond donors (Lipinski definition) is 1. The molecule has 1 fully saturated rings. The monoisotopic (exact) mass is 327 g/mol. The first-order chi connectivity index (χ1) is 11.8. The van der Waals surface area contributed by atoms with E-state index in [4.69, 9.17) is 13.3 Å². The zero-order valence-corrected chi connectivity index (χ0v) is 13.4. The lowest BCUT2D eigenvalue weighted by molar-refractivity contribution is -0.0603. The fraction of sp³-hybridized carbons (Fsp3) is 0.333. The summed E-state index contributed by atoms with van der Waals surface area (Å²) in [4.78, 5) is 0. The first kappa shape index (κ1) is 15.3. The highest BCUT2D eigenvalue weighted by atomic mass is 16.3. The summed E-state index contributed by atoms with van der Waals surface area (Å²) in [6.45, 7) is 3.29.